The van der Waals surface area contributed by atoms with Crippen molar-refractivity contribution in [3.63, 3.8) is 0 Å². The summed E-state index contributed by atoms with van der Waals surface area (Å²) in [7, 11) is 1.63. The van der Waals surface area contributed by atoms with Crippen molar-refractivity contribution in [3.8, 4) is 0 Å². The molecule has 1 fully saturated rings. The van der Waals surface area contributed by atoms with Gasteiger partial charge in [0.25, 0.3) is 0 Å². The quantitative estimate of drug-likeness (QED) is 0.757. The standard InChI is InChI=1S/C12H22N2O4/c1-13(7-4-11(16)17)12(18)14-6-2-3-10(9-14)5-8-15/h10,15H,2-9H2,1H3,(H,16,17). The first-order valence-corrected chi connectivity index (χ1v) is 6.37. The molecule has 2 amide bonds. The normalized spacial score (nSPS) is 19.7. The van der Waals surface area contributed by atoms with Crippen molar-refractivity contribution >= 4 is 12.0 Å². The number of carboxylic acid groups (broad SMARTS) is 1. The van der Waals surface area contributed by atoms with Gasteiger partial charge in [0.15, 0.2) is 0 Å². The second-order valence-electron chi connectivity index (χ2n) is 4.81. The number of rotatable bonds is 5. The number of aliphatic hydroxyl groups excluding tert-OH is 1. The average Bonchev–Trinajstić information content (AvgIpc) is 2.35. The number of aliphatic hydroxyl groups is 1. The van der Waals surface area contributed by atoms with Crippen molar-refractivity contribution in [2.75, 3.05) is 33.3 Å². The van der Waals surface area contributed by atoms with E-state index in [9.17, 15) is 9.59 Å². The van der Waals surface area contributed by atoms with Gasteiger partial charge in [-0.1, -0.05) is 0 Å². The lowest BCUT2D eigenvalue weighted by Gasteiger charge is -2.35. The highest BCUT2D eigenvalue weighted by atomic mass is 16.4. The summed E-state index contributed by atoms with van der Waals surface area (Å²) in [5, 5.41) is 17.5. The predicted octanol–water partition coefficient (Wildman–Crippen LogP) is 0.607. The zero-order valence-electron chi connectivity index (χ0n) is 10.8. The van der Waals surface area contributed by atoms with Crippen molar-refractivity contribution in [3.05, 3.63) is 0 Å². The fourth-order valence-corrected chi connectivity index (χ4v) is 2.26. The minimum absolute atomic E-state index is 0.0316. The van der Waals surface area contributed by atoms with Crippen LogP contribution in [0.2, 0.25) is 0 Å². The Bertz CT molecular complexity index is 294. The summed E-state index contributed by atoms with van der Waals surface area (Å²) < 4.78 is 0. The van der Waals surface area contributed by atoms with Gasteiger partial charge in [0.1, 0.15) is 0 Å². The highest BCUT2D eigenvalue weighted by Gasteiger charge is 2.25. The second kappa shape index (κ2) is 7.20. The molecule has 0 aromatic rings. The summed E-state index contributed by atoms with van der Waals surface area (Å²) in [6, 6.07) is -0.112. The Kier molecular flexibility index (Phi) is 5.91. The second-order valence-corrected chi connectivity index (χ2v) is 4.81. The van der Waals surface area contributed by atoms with Gasteiger partial charge < -0.3 is 20.0 Å². The van der Waals surface area contributed by atoms with E-state index in [1.165, 1.54) is 4.90 Å². The van der Waals surface area contributed by atoms with Gasteiger partial charge in [0.2, 0.25) is 0 Å². The number of likely N-dealkylation sites (tertiary alicyclic amines) is 1. The molecule has 1 rings (SSSR count). The van der Waals surface area contributed by atoms with Crippen LogP contribution in [0.1, 0.15) is 25.7 Å². The summed E-state index contributed by atoms with van der Waals surface area (Å²) in [5.74, 6) is -0.535. The lowest BCUT2D eigenvalue weighted by molar-refractivity contribution is -0.137. The Morgan fingerprint density at radius 1 is 1.44 bits per heavy atom. The number of piperidine rings is 1. The van der Waals surface area contributed by atoms with Gasteiger partial charge in [0.05, 0.1) is 6.42 Å². The highest BCUT2D eigenvalue weighted by molar-refractivity contribution is 5.75. The first-order valence-electron chi connectivity index (χ1n) is 6.37. The third-order valence-corrected chi connectivity index (χ3v) is 3.31. The maximum atomic E-state index is 12.1. The van der Waals surface area contributed by atoms with Gasteiger partial charge in [-0.25, -0.2) is 4.79 Å². The van der Waals surface area contributed by atoms with Crippen LogP contribution >= 0.6 is 0 Å². The van der Waals surface area contributed by atoms with Crippen LogP contribution in [-0.4, -0.2) is 65.3 Å². The molecule has 6 heteroatoms. The summed E-state index contributed by atoms with van der Waals surface area (Å²) in [6.07, 6.45) is 2.69. The molecule has 0 saturated carbocycles. The molecule has 18 heavy (non-hydrogen) atoms. The minimum atomic E-state index is -0.897. The first-order chi connectivity index (χ1) is 8.54. The van der Waals surface area contributed by atoms with Crippen molar-refractivity contribution in [1.29, 1.82) is 0 Å². The van der Waals surface area contributed by atoms with Crippen LogP contribution in [-0.2, 0) is 4.79 Å². The van der Waals surface area contributed by atoms with E-state index < -0.39 is 5.97 Å². The molecule has 1 aliphatic rings. The molecule has 0 radical (unpaired) electrons. The zero-order valence-corrected chi connectivity index (χ0v) is 10.8. The molecular formula is C12H22N2O4. The van der Waals surface area contributed by atoms with E-state index in [4.69, 9.17) is 10.2 Å². The fraction of sp³-hybridized carbons (Fsp3) is 0.833. The SMILES string of the molecule is CN(CCC(=O)O)C(=O)N1CCCC(CCO)C1. The van der Waals surface area contributed by atoms with Crippen LogP contribution in [0.15, 0.2) is 0 Å². The number of carboxylic acids is 1. The monoisotopic (exact) mass is 258 g/mol. The van der Waals surface area contributed by atoms with Crippen molar-refractivity contribution in [2.45, 2.75) is 25.7 Å². The Labute approximate surface area is 107 Å². The maximum absolute atomic E-state index is 12.1. The van der Waals surface area contributed by atoms with Gasteiger partial charge in [0, 0.05) is 33.3 Å². The third kappa shape index (κ3) is 4.52. The minimum Gasteiger partial charge on any atom is -0.481 e. The number of urea groups is 1. The Balaban J connectivity index is 2.42. The topological polar surface area (TPSA) is 81.1 Å². The molecule has 0 bridgehead atoms. The van der Waals surface area contributed by atoms with Crippen LogP contribution in [0, 0.1) is 5.92 Å². The molecule has 0 aromatic heterocycles. The summed E-state index contributed by atoms with van der Waals surface area (Å²) in [6.45, 7) is 1.77. The molecule has 1 aliphatic heterocycles. The number of carbonyl (C=O) groups excluding carboxylic acids is 1. The average molecular weight is 258 g/mol. The van der Waals surface area contributed by atoms with Gasteiger partial charge in [-0.15, -0.1) is 0 Å². The molecule has 6 nitrogen and oxygen atoms in total. The lowest BCUT2D eigenvalue weighted by Crippen LogP contribution is -2.46. The van der Waals surface area contributed by atoms with Crippen molar-refractivity contribution in [1.82, 2.24) is 9.80 Å². The van der Waals surface area contributed by atoms with Gasteiger partial charge in [-0.2, -0.15) is 0 Å². The van der Waals surface area contributed by atoms with E-state index in [1.54, 1.807) is 11.9 Å². The summed E-state index contributed by atoms with van der Waals surface area (Å²) in [4.78, 5) is 25.7. The number of aliphatic carboxylic acids is 1. The Morgan fingerprint density at radius 2 is 2.17 bits per heavy atom. The number of hydrogen-bond donors (Lipinski definition) is 2. The van der Waals surface area contributed by atoms with Crippen LogP contribution in [0.5, 0.6) is 0 Å². The molecule has 1 saturated heterocycles. The molecule has 0 aromatic carbocycles. The van der Waals surface area contributed by atoms with Gasteiger partial charge >= 0.3 is 12.0 Å². The van der Waals surface area contributed by atoms with E-state index >= 15 is 0 Å². The molecule has 104 valence electrons. The highest BCUT2D eigenvalue weighted by Crippen LogP contribution is 2.20. The third-order valence-electron chi connectivity index (χ3n) is 3.31. The van der Waals surface area contributed by atoms with E-state index in [-0.39, 0.29) is 25.6 Å². The van der Waals surface area contributed by atoms with Crippen LogP contribution in [0.3, 0.4) is 0 Å². The molecule has 2 N–H and O–H groups in total. The maximum Gasteiger partial charge on any atom is 0.319 e. The molecule has 0 aliphatic carbocycles. The summed E-state index contributed by atoms with van der Waals surface area (Å²) in [5.41, 5.74) is 0. The largest absolute Gasteiger partial charge is 0.481 e. The molecular weight excluding hydrogens is 236 g/mol. The smallest absolute Gasteiger partial charge is 0.319 e. The first kappa shape index (κ1) is 14.8. The fourth-order valence-electron chi connectivity index (χ4n) is 2.26. The lowest BCUT2D eigenvalue weighted by atomic mass is 9.95. The number of amides is 2. The Hall–Kier alpha value is -1.30. The molecule has 0 spiro atoms. The predicted molar refractivity (Wildman–Crippen MR) is 66.3 cm³/mol. The van der Waals surface area contributed by atoms with Crippen molar-refractivity contribution < 1.29 is 19.8 Å². The molecule has 1 atom stereocenters. The number of nitrogens with zero attached hydrogens (tertiary/aromatic N) is 2. The van der Waals surface area contributed by atoms with Crippen molar-refractivity contribution in [2.24, 2.45) is 5.92 Å². The van der Waals surface area contributed by atoms with E-state index in [2.05, 4.69) is 0 Å². The van der Waals surface area contributed by atoms with Crippen LogP contribution in [0.4, 0.5) is 4.79 Å². The number of hydrogen-bond acceptors (Lipinski definition) is 3. The van der Waals surface area contributed by atoms with E-state index in [1.807, 2.05) is 0 Å². The molecule has 1 heterocycles. The van der Waals surface area contributed by atoms with Gasteiger partial charge in [-0.3, -0.25) is 4.79 Å². The Morgan fingerprint density at radius 3 is 2.78 bits per heavy atom. The molecule has 1 unspecified atom stereocenters. The number of carbonyl (C=O) groups is 2. The van der Waals surface area contributed by atoms with Crippen LogP contribution < -0.4 is 0 Å². The zero-order chi connectivity index (χ0) is 13.5. The van der Waals surface area contributed by atoms with E-state index in [0.29, 0.717) is 12.5 Å². The van der Waals surface area contributed by atoms with Crippen LogP contribution in [0.25, 0.3) is 0 Å². The van der Waals surface area contributed by atoms with E-state index in [0.717, 1.165) is 25.8 Å². The summed E-state index contributed by atoms with van der Waals surface area (Å²) >= 11 is 0. The van der Waals surface area contributed by atoms with Gasteiger partial charge in [-0.05, 0) is 25.2 Å².